The zero-order chi connectivity index (χ0) is 12.8. The summed E-state index contributed by atoms with van der Waals surface area (Å²) >= 11 is 0. The molecule has 1 unspecified atom stereocenters. The number of hydrogen-bond acceptors (Lipinski definition) is 3. The highest BCUT2D eigenvalue weighted by Crippen LogP contribution is 2.31. The molecule has 0 amide bonds. The molecule has 1 saturated carbocycles. The van der Waals surface area contributed by atoms with Gasteiger partial charge in [0.15, 0.2) is 0 Å². The van der Waals surface area contributed by atoms with Crippen LogP contribution in [0.4, 0.5) is 0 Å². The average molecular weight is 254 g/mol. The van der Waals surface area contributed by atoms with Gasteiger partial charge in [-0.3, -0.25) is 4.90 Å². The molecule has 0 aromatic heterocycles. The van der Waals surface area contributed by atoms with E-state index >= 15 is 0 Å². The van der Waals surface area contributed by atoms with Crippen LogP contribution in [0.2, 0.25) is 0 Å². The molecular formula is C15H30N2O. The van der Waals surface area contributed by atoms with Crippen LogP contribution in [-0.2, 0) is 4.74 Å². The van der Waals surface area contributed by atoms with Gasteiger partial charge in [0.05, 0.1) is 6.61 Å². The third-order valence-electron chi connectivity index (χ3n) is 4.58. The Morgan fingerprint density at radius 1 is 1.22 bits per heavy atom. The van der Waals surface area contributed by atoms with Crippen LogP contribution in [0.15, 0.2) is 0 Å². The Morgan fingerprint density at radius 2 is 2.00 bits per heavy atom. The molecule has 1 heterocycles. The average Bonchev–Trinajstić information content (AvgIpc) is 2.40. The van der Waals surface area contributed by atoms with Crippen LogP contribution >= 0.6 is 0 Å². The molecule has 1 spiro atoms. The molecule has 0 aromatic rings. The van der Waals surface area contributed by atoms with Gasteiger partial charge < -0.3 is 10.1 Å². The Labute approximate surface area is 112 Å². The zero-order valence-corrected chi connectivity index (χ0v) is 12.2. The smallest absolute Gasteiger partial charge is 0.0593 e. The van der Waals surface area contributed by atoms with E-state index in [1.54, 1.807) is 0 Å². The van der Waals surface area contributed by atoms with Gasteiger partial charge in [-0.1, -0.05) is 26.2 Å². The number of ether oxygens (including phenoxy) is 1. The van der Waals surface area contributed by atoms with E-state index in [0.717, 1.165) is 32.7 Å². The number of nitrogens with zero attached hydrogens (tertiary/aromatic N) is 1. The molecule has 1 N–H and O–H groups in total. The summed E-state index contributed by atoms with van der Waals surface area (Å²) in [5, 5.41) is 3.83. The highest BCUT2D eigenvalue weighted by atomic mass is 16.5. The minimum absolute atomic E-state index is 0.426. The summed E-state index contributed by atoms with van der Waals surface area (Å²) < 4.78 is 5.65. The van der Waals surface area contributed by atoms with Crippen LogP contribution in [0.1, 0.15) is 52.4 Å². The van der Waals surface area contributed by atoms with Crippen molar-refractivity contribution in [1.82, 2.24) is 10.2 Å². The molecule has 1 atom stereocenters. The summed E-state index contributed by atoms with van der Waals surface area (Å²) in [5.74, 6) is 0. The van der Waals surface area contributed by atoms with Gasteiger partial charge in [-0.15, -0.1) is 0 Å². The van der Waals surface area contributed by atoms with Gasteiger partial charge in [-0.25, -0.2) is 0 Å². The lowest BCUT2D eigenvalue weighted by molar-refractivity contribution is 0.0330. The first-order valence-corrected chi connectivity index (χ1v) is 7.82. The second kappa shape index (κ2) is 6.88. The monoisotopic (exact) mass is 254 g/mol. The Morgan fingerprint density at radius 3 is 2.72 bits per heavy atom. The molecule has 1 aliphatic carbocycles. The van der Waals surface area contributed by atoms with Crippen LogP contribution in [0.5, 0.6) is 0 Å². The Balaban J connectivity index is 1.80. The molecule has 0 aromatic carbocycles. The summed E-state index contributed by atoms with van der Waals surface area (Å²) in [6.45, 7) is 9.79. The number of piperazine rings is 1. The molecular weight excluding hydrogens is 224 g/mol. The van der Waals surface area contributed by atoms with Gasteiger partial charge in [-0.2, -0.15) is 0 Å². The number of rotatable bonds is 5. The molecule has 1 saturated heterocycles. The molecule has 0 radical (unpaired) electrons. The summed E-state index contributed by atoms with van der Waals surface area (Å²) in [7, 11) is 0. The zero-order valence-electron chi connectivity index (χ0n) is 12.2. The van der Waals surface area contributed by atoms with Gasteiger partial charge in [-0.05, 0) is 26.2 Å². The summed E-state index contributed by atoms with van der Waals surface area (Å²) in [4.78, 5) is 2.64. The van der Waals surface area contributed by atoms with E-state index in [0.29, 0.717) is 11.6 Å². The predicted octanol–water partition coefficient (Wildman–Crippen LogP) is 2.41. The molecule has 1 aliphatic heterocycles. The second-order valence-electron chi connectivity index (χ2n) is 6.15. The first-order chi connectivity index (χ1) is 8.76. The first kappa shape index (κ1) is 14.3. The van der Waals surface area contributed by atoms with Crippen molar-refractivity contribution in [2.45, 2.75) is 64.0 Å². The van der Waals surface area contributed by atoms with Crippen molar-refractivity contribution in [1.29, 1.82) is 0 Å². The SMILES string of the molecule is CCCOCCN1CC2(CCCCC2)NCC1C. The van der Waals surface area contributed by atoms with E-state index < -0.39 is 0 Å². The number of nitrogens with one attached hydrogen (secondary N) is 1. The van der Waals surface area contributed by atoms with E-state index in [2.05, 4.69) is 24.1 Å². The highest BCUT2D eigenvalue weighted by molar-refractivity contribution is 4.98. The molecule has 2 aliphatic rings. The lowest BCUT2D eigenvalue weighted by Gasteiger charge is -2.49. The summed E-state index contributed by atoms with van der Waals surface area (Å²) in [6, 6.07) is 0.655. The Hall–Kier alpha value is -0.120. The highest BCUT2D eigenvalue weighted by Gasteiger charge is 2.38. The molecule has 18 heavy (non-hydrogen) atoms. The maximum absolute atomic E-state index is 5.65. The molecule has 3 nitrogen and oxygen atoms in total. The van der Waals surface area contributed by atoms with Crippen LogP contribution in [0, 0.1) is 0 Å². The van der Waals surface area contributed by atoms with Gasteiger partial charge >= 0.3 is 0 Å². The van der Waals surface area contributed by atoms with Crippen molar-refractivity contribution in [3.8, 4) is 0 Å². The Bertz CT molecular complexity index is 239. The Kier molecular flexibility index (Phi) is 5.46. The summed E-state index contributed by atoms with van der Waals surface area (Å²) in [6.07, 6.45) is 8.10. The van der Waals surface area contributed by atoms with E-state index in [1.807, 2.05) is 0 Å². The second-order valence-corrected chi connectivity index (χ2v) is 6.15. The van der Waals surface area contributed by atoms with E-state index in [4.69, 9.17) is 4.74 Å². The van der Waals surface area contributed by atoms with Crippen LogP contribution in [0.25, 0.3) is 0 Å². The van der Waals surface area contributed by atoms with Crippen LogP contribution in [0.3, 0.4) is 0 Å². The number of hydrogen-bond donors (Lipinski definition) is 1. The van der Waals surface area contributed by atoms with Crippen molar-refractivity contribution < 1.29 is 4.74 Å². The minimum Gasteiger partial charge on any atom is -0.380 e. The van der Waals surface area contributed by atoms with Crippen LogP contribution < -0.4 is 5.32 Å². The van der Waals surface area contributed by atoms with Crippen molar-refractivity contribution >= 4 is 0 Å². The van der Waals surface area contributed by atoms with Crippen molar-refractivity contribution in [2.24, 2.45) is 0 Å². The molecule has 2 fully saturated rings. The van der Waals surface area contributed by atoms with E-state index in [1.165, 1.54) is 38.6 Å². The largest absolute Gasteiger partial charge is 0.380 e. The van der Waals surface area contributed by atoms with Gasteiger partial charge in [0.1, 0.15) is 0 Å². The predicted molar refractivity (Wildman–Crippen MR) is 76.0 cm³/mol. The third kappa shape index (κ3) is 3.69. The van der Waals surface area contributed by atoms with E-state index in [9.17, 15) is 0 Å². The maximum Gasteiger partial charge on any atom is 0.0593 e. The minimum atomic E-state index is 0.426. The van der Waals surface area contributed by atoms with Gasteiger partial charge in [0, 0.05) is 37.8 Å². The topological polar surface area (TPSA) is 24.5 Å². The molecule has 3 heteroatoms. The van der Waals surface area contributed by atoms with E-state index in [-0.39, 0.29) is 0 Å². The molecule has 2 rings (SSSR count). The standard InChI is InChI=1S/C15H30N2O/c1-3-10-18-11-9-17-13-15(16-12-14(17)2)7-5-4-6-8-15/h14,16H,3-13H2,1-2H3. The molecule has 0 bridgehead atoms. The summed E-state index contributed by atoms with van der Waals surface area (Å²) in [5.41, 5.74) is 0.426. The van der Waals surface area contributed by atoms with Crippen molar-refractivity contribution in [3.63, 3.8) is 0 Å². The molecule has 106 valence electrons. The van der Waals surface area contributed by atoms with Crippen molar-refractivity contribution in [2.75, 3.05) is 32.8 Å². The normalized spacial score (nSPS) is 28.7. The fourth-order valence-electron chi connectivity index (χ4n) is 3.38. The third-order valence-corrected chi connectivity index (χ3v) is 4.58. The lowest BCUT2D eigenvalue weighted by Crippen LogP contribution is -2.64. The fourth-order valence-corrected chi connectivity index (χ4v) is 3.38. The fraction of sp³-hybridized carbons (Fsp3) is 1.00. The van der Waals surface area contributed by atoms with Gasteiger partial charge in [0.25, 0.3) is 0 Å². The first-order valence-electron chi connectivity index (χ1n) is 7.82. The quantitative estimate of drug-likeness (QED) is 0.763. The van der Waals surface area contributed by atoms with Gasteiger partial charge in [0.2, 0.25) is 0 Å². The maximum atomic E-state index is 5.65. The lowest BCUT2D eigenvalue weighted by atomic mass is 9.79. The van der Waals surface area contributed by atoms with Crippen molar-refractivity contribution in [3.05, 3.63) is 0 Å². The van der Waals surface area contributed by atoms with Crippen LogP contribution in [-0.4, -0.2) is 49.3 Å².